The molecule has 5 heteroatoms. The average molecular weight is 272 g/mol. The van der Waals surface area contributed by atoms with Gasteiger partial charge in [-0.25, -0.2) is 4.79 Å². The summed E-state index contributed by atoms with van der Waals surface area (Å²) in [5, 5.41) is 3.53. The van der Waals surface area contributed by atoms with Gasteiger partial charge in [-0.3, -0.25) is 0 Å². The van der Waals surface area contributed by atoms with E-state index in [1.807, 2.05) is 20.8 Å². The Hall–Kier alpha value is -0.810. The standard InChI is InChI=1S/C14H28N2O3/c1-6-7-11(10-18-5)15-12-8-16(9-12)13(17)19-14(2,3)4/h11-12,15H,6-10H2,1-5H3. The van der Waals surface area contributed by atoms with Crippen LogP contribution in [0.15, 0.2) is 0 Å². The number of ether oxygens (including phenoxy) is 2. The predicted octanol–water partition coefficient (Wildman–Crippen LogP) is 2.01. The molecule has 0 radical (unpaired) electrons. The molecule has 0 spiro atoms. The second-order valence-corrected chi connectivity index (χ2v) is 6.19. The van der Waals surface area contributed by atoms with Crippen molar-refractivity contribution >= 4 is 6.09 Å². The molecule has 19 heavy (non-hydrogen) atoms. The third-order valence-electron chi connectivity index (χ3n) is 3.01. The van der Waals surface area contributed by atoms with E-state index in [0.717, 1.165) is 32.5 Å². The summed E-state index contributed by atoms with van der Waals surface area (Å²) >= 11 is 0. The van der Waals surface area contributed by atoms with Gasteiger partial charge in [0.25, 0.3) is 0 Å². The smallest absolute Gasteiger partial charge is 0.410 e. The molecule has 1 heterocycles. The van der Waals surface area contributed by atoms with Crippen LogP contribution in [-0.4, -0.2) is 55.5 Å². The molecule has 5 nitrogen and oxygen atoms in total. The number of hydrogen-bond donors (Lipinski definition) is 1. The van der Waals surface area contributed by atoms with Crippen molar-refractivity contribution in [3.05, 3.63) is 0 Å². The molecular formula is C14H28N2O3. The maximum Gasteiger partial charge on any atom is 0.410 e. The highest BCUT2D eigenvalue weighted by atomic mass is 16.6. The fourth-order valence-electron chi connectivity index (χ4n) is 2.16. The van der Waals surface area contributed by atoms with Crippen molar-refractivity contribution in [2.45, 2.75) is 58.2 Å². The Morgan fingerprint density at radius 1 is 1.42 bits per heavy atom. The van der Waals surface area contributed by atoms with Gasteiger partial charge in [0, 0.05) is 32.3 Å². The molecule has 0 bridgehead atoms. The maximum absolute atomic E-state index is 11.8. The lowest BCUT2D eigenvalue weighted by Gasteiger charge is -2.41. The first kappa shape index (κ1) is 16.2. The van der Waals surface area contributed by atoms with Crippen LogP contribution in [0.25, 0.3) is 0 Å². The van der Waals surface area contributed by atoms with Gasteiger partial charge in [-0.05, 0) is 27.2 Å². The van der Waals surface area contributed by atoms with Crippen molar-refractivity contribution in [3.8, 4) is 0 Å². The van der Waals surface area contributed by atoms with Crippen molar-refractivity contribution in [1.82, 2.24) is 10.2 Å². The van der Waals surface area contributed by atoms with Crippen molar-refractivity contribution in [3.63, 3.8) is 0 Å². The first-order chi connectivity index (χ1) is 8.85. The second-order valence-electron chi connectivity index (χ2n) is 6.19. The van der Waals surface area contributed by atoms with E-state index in [2.05, 4.69) is 12.2 Å². The molecule has 1 atom stereocenters. The van der Waals surface area contributed by atoms with E-state index >= 15 is 0 Å². The van der Waals surface area contributed by atoms with Crippen LogP contribution in [0.2, 0.25) is 0 Å². The monoisotopic (exact) mass is 272 g/mol. The predicted molar refractivity (Wildman–Crippen MR) is 75.3 cm³/mol. The Balaban J connectivity index is 2.27. The fourth-order valence-corrected chi connectivity index (χ4v) is 2.16. The number of likely N-dealkylation sites (tertiary alicyclic amines) is 1. The van der Waals surface area contributed by atoms with Crippen LogP contribution in [0, 0.1) is 0 Å². The number of nitrogens with one attached hydrogen (secondary N) is 1. The number of amides is 1. The molecule has 0 aromatic carbocycles. The number of nitrogens with zero attached hydrogens (tertiary/aromatic N) is 1. The Labute approximate surface area is 116 Å². The summed E-state index contributed by atoms with van der Waals surface area (Å²) in [6.45, 7) is 9.98. The summed E-state index contributed by atoms with van der Waals surface area (Å²) in [6, 6.07) is 0.736. The third kappa shape index (κ3) is 5.78. The van der Waals surface area contributed by atoms with E-state index in [-0.39, 0.29) is 6.09 Å². The molecule has 1 N–H and O–H groups in total. The number of rotatable bonds is 6. The molecule has 1 aliphatic rings. The highest BCUT2D eigenvalue weighted by molar-refractivity contribution is 5.69. The lowest BCUT2D eigenvalue weighted by atomic mass is 10.1. The minimum atomic E-state index is -0.420. The highest BCUT2D eigenvalue weighted by Crippen LogP contribution is 2.16. The van der Waals surface area contributed by atoms with Gasteiger partial charge in [0.2, 0.25) is 0 Å². The van der Waals surface area contributed by atoms with Crippen molar-refractivity contribution < 1.29 is 14.3 Å². The topological polar surface area (TPSA) is 50.8 Å². The second kappa shape index (κ2) is 7.10. The Morgan fingerprint density at radius 2 is 2.05 bits per heavy atom. The summed E-state index contributed by atoms with van der Waals surface area (Å²) in [5.74, 6) is 0. The van der Waals surface area contributed by atoms with Crippen LogP contribution in [0.3, 0.4) is 0 Å². The Kier molecular flexibility index (Phi) is 6.07. The number of methoxy groups -OCH3 is 1. The zero-order valence-electron chi connectivity index (χ0n) is 12.9. The molecule has 1 saturated heterocycles. The first-order valence-electron chi connectivity index (χ1n) is 7.08. The van der Waals surface area contributed by atoms with Crippen molar-refractivity contribution in [1.29, 1.82) is 0 Å². The van der Waals surface area contributed by atoms with Gasteiger partial charge < -0.3 is 19.7 Å². The minimum absolute atomic E-state index is 0.218. The lowest BCUT2D eigenvalue weighted by molar-refractivity contribution is 0.00271. The van der Waals surface area contributed by atoms with Gasteiger partial charge in [0.1, 0.15) is 5.60 Å². The molecule has 1 unspecified atom stereocenters. The molecule has 1 rings (SSSR count). The molecule has 1 amide bonds. The van der Waals surface area contributed by atoms with Gasteiger partial charge in [-0.15, -0.1) is 0 Å². The number of carbonyl (C=O) groups is 1. The van der Waals surface area contributed by atoms with Gasteiger partial charge >= 0.3 is 6.09 Å². The lowest BCUT2D eigenvalue weighted by Crippen LogP contribution is -2.62. The Morgan fingerprint density at radius 3 is 2.53 bits per heavy atom. The van der Waals surface area contributed by atoms with Crippen LogP contribution in [0.1, 0.15) is 40.5 Å². The van der Waals surface area contributed by atoms with Crippen LogP contribution < -0.4 is 5.32 Å². The summed E-state index contributed by atoms with van der Waals surface area (Å²) < 4.78 is 10.5. The molecule has 0 aromatic heterocycles. The maximum atomic E-state index is 11.8. The fraction of sp³-hybridized carbons (Fsp3) is 0.929. The number of hydrogen-bond acceptors (Lipinski definition) is 4. The normalized spacial score (nSPS) is 18.1. The summed E-state index contributed by atoms with van der Waals surface area (Å²) in [4.78, 5) is 13.5. The molecule has 0 aliphatic carbocycles. The van der Waals surface area contributed by atoms with Crippen LogP contribution in [0.4, 0.5) is 4.79 Å². The van der Waals surface area contributed by atoms with E-state index in [4.69, 9.17) is 9.47 Å². The van der Waals surface area contributed by atoms with E-state index in [0.29, 0.717) is 12.1 Å². The summed E-state index contributed by atoms with van der Waals surface area (Å²) in [5.41, 5.74) is -0.420. The highest BCUT2D eigenvalue weighted by Gasteiger charge is 2.34. The zero-order valence-corrected chi connectivity index (χ0v) is 12.9. The average Bonchev–Trinajstić information content (AvgIpc) is 2.20. The van der Waals surface area contributed by atoms with Crippen LogP contribution in [-0.2, 0) is 9.47 Å². The van der Waals surface area contributed by atoms with Crippen molar-refractivity contribution in [2.24, 2.45) is 0 Å². The largest absolute Gasteiger partial charge is 0.444 e. The van der Waals surface area contributed by atoms with E-state index in [9.17, 15) is 4.79 Å². The van der Waals surface area contributed by atoms with Gasteiger partial charge in [-0.2, -0.15) is 0 Å². The SMILES string of the molecule is CCCC(COC)NC1CN(C(=O)OC(C)(C)C)C1. The molecule has 1 aliphatic heterocycles. The quantitative estimate of drug-likeness (QED) is 0.803. The molecule has 0 saturated carbocycles. The number of carbonyl (C=O) groups excluding carboxylic acids is 1. The van der Waals surface area contributed by atoms with Gasteiger partial charge in [0.15, 0.2) is 0 Å². The molecular weight excluding hydrogens is 244 g/mol. The summed E-state index contributed by atoms with van der Waals surface area (Å²) in [6.07, 6.45) is 2.00. The van der Waals surface area contributed by atoms with E-state index in [1.54, 1.807) is 12.0 Å². The molecule has 1 fully saturated rings. The van der Waals surface area contributed by atoms with Crippen molar-refractivity contribution in [2.75, 3.05) is 26.8 Å². The van der Waals surface area contributed by atoms with Gasteiger partial charge in [-0.1, -0.05) is 13.3 Å². The Bertz CT molecular complexity index is 277. The van der Waals surface area contributed by atoms with E-state index in [1.165, 1.54) is 0 Å². The minimum Gasteiger partial charge on any atom is -0.444 e. The van der Waals surface area contributed by atoms with Crippen LogP contribution >= 0.6 is 0 Å². The third-order valence-corrected chi connectivity index (χ3v) is 3.01. The van der Waals surface area contributed by atoms with Gasteiger partial charge in [0.05, 0.1) is 6.61 Å². The zero-order chi connectivity index (χ0) is 14.5. The van der Waals surface area contributed by atoms with Crippen LogP contribution in [0.5, 0.6) is 0 Å². The van der Waals surface area contributed by atoms with E-state index < -0.39 is 5.60 Å². The molecule has 0 aromatic rings. The first-order valence-corrected chi connectivity index (χ1v) is 7.08. The molecule has 112 valence electrons. The summed E-state index contributed by atoms with van der Waals surface area (Å²) in [7, 11) is 1.72.